The van der Waals surface area contributed by atoms with Crippen LogP contribution in [-0.4, -0.2) is 13.1 Å². The van der Waals surface area contributed by atoms with E-state index in [0.29, 0.717) is 13.1 Å². The van der Waals surface area contributed by atoms with Crippen LogP contribution in [0.2, 0.25) is 0 Å². The maximum Gasteiger partial charge on any atom is 0.0329 e. The standard InChI is InChI=1S/C32H30N2/c33-19-17-31-25-13-5-1-9-21(25)29(22-10-2-6-14-26(22)31)32(18-20-34)27-15-7-3-11-23(27)30(31)24-12-4-8-16-28(24)32/h1-16,29-30H,17-20,33-34H2. The van der Waals surface area contributed by atoms with Gasteiger partial charge in [-0.2, -0.15) is 0 Å². The molecule has 4 N–H and O–H groups in total. The van der Waals surface area contributed by atoms with Crippen molar-refractivity contribution >= 4 is 0 Å². The molecule has 34 heavy (non-hydrogen) atoms. The van der Waals surface area contributed by atoms with E-state index in [0.717, 1.165) is 12.8 Å². The Labute approximate surface area is 201 Å². The first-order valence-electron chi connectivity index (χ1n) is 12.6. The first kappa shape index (κ1) is 20.2. The summed E-state index contributed by atoms with van der Waals surface area (Å²) in [7, 11) is 0. The lowest BCUT2D eigenvalue weighted by Crippen LogP contribution is -2.54. The van der Waals surface area contributed by atoms with Crippen molar-refractivity contribution in [2.45, 2.75) is 35.5 Å². The normalized spacial score (nSPS) is 27.2. The summed E-state index contributed by atoms with van der Waals surface area (Å²) in [5.41, 5.74) is 24.2. The Morgan fingerprint density at radius 2 is 0.706 bits per heavy atom. The van der Waals surface area contributed by atoms with Crippen molar-refractivity contribution in [2.24, 2.45) is 11.5 Å². The summed E-state index contributed by atoms with van der Waals surface area (Å²) < 4.78 is 0. The van der Waals surface area contributed by atoms with Crippen molar-refractivity contribution in [3.8, 4) is 0 Å². The molecule has 0 saturated heterocycles. The molecule has 0 aliphatic heterocycles. The third kappa shape index (κ3) is 2.19. The van der Waals surface area contributed by atoms with Gasteiger partial charge in [-0.1, -0.05) is 97.1 Å². The van der Waals surface area contributed by atoms with Crippen LogP contribution in [0.4, 0.5) is 0 Å². The first-order chi connectivity index (χ1) is 16.8. The number of hydrogen-bond donors (Lipinski definition) is 2. The second-order valence-corrected chi connectivity index (χ2v) is 10.2. The average molecular weight is 443 g/mol. The topological polar surface area (TPSA) is 52.0 Å². The number of rotatable bonds is 4. The van der Waals surface area contributed by atoms with Crippen molar-refractivity contribution < 1.29 is 0 Å². The highest BCUT2D eigenvalue weighted by Crippen LogP contribution is 2.69. The molecule has 4 aromatic carbocycles. The van der Waals surface area contributed by atoms with Gasteiger partial charge in [-0.05, 0) is 70.4 Å². The molecule has 10 rings (SSSR count). The molecule has 168 valence electrons. The number of nitrogens with two attached hydrogens (primary N) is 2. The molecule has 0 spiro atoms. The highest BCUT2D eigenvalue weighted by molar-refractivity contribution is 5.72. The Morgan fingerprint density at radius 1 is 0.441 bits per heavy atom. The van der Waals surface area contributed by atoms with Crippen molar-refractivity contribution in [1.29, 1.82) is 0 Å². The molecule has 0 amide bonds. The fourth-order valence-electron chi connectivity index (χ4n) is 8.21. The minimum absolute atomic E-state index is 0.206. The average Bonchev–Trinajstić information content (AvgIpc) is 2.88. The molecule has 6 aliphatic carbocycles. The molecule has 2 heteroatoms. The molecular weight excluding hydrogens is 412 g/mol. The molecular formula is C32H30N2. The fraction of sp³-hybridized carbons (Fsp3) is 0.250. The van der Waals surface area contributed by atoms with Gasteiger partial charge < -0.3 is 11.5 Å². The van der Waals surface area contributed by atoms with Gasteiger partial charge in [0.2, 0.25) is 0 Å². The second kappa shape index (κ2) is 7.15. The Kier molecular flexibility index (Phi) is 4.25. The summed E-state index contributed by atoms with van der Waals surface area (Å²) in [5.74, 6) is 0.413. The van der Waals surface area contributed by atoms with E-state index in [4.69, 9.17) is 11.5 Å². The van der Waals surface area contributed by atoms with Crippen LogP contribution in [0, 0.1) is 0 Å². The Balaban J connectivity index is 1.77. The maximum absolute atomic E-state index is 6.47. The van der Waals surface area contributed by atoms with Crippen molar-refractivity contribution in [3.63, 3.8) is 0 Å². The summed E-state index contributed by atoms with van der Waals surface area (Å²) in [6, 6.07) is 36.8. The molecule has 2 nitrogen and oxygen atoms in total. The third-order valence-corrected chi connectivity index (χ3v) is 9.07. The minimum atomic E-state index is -0.208. The van der Waals surface area contributed by atoms with E-state index in [-0.39, 0.29) is 22.7 Å². The van der Waals surface area contributed by atoms with Crippen LogP contribution in [0.1, 0.15) is 69.2 Å². The van der Waals surface area contributed by atoms with E-state index in [1.807, 2.05) is 0 Å². The smallest absolute Gasteiger partial charge is 0.0329 e. The van der Waals surface area contributed by atoms with Crippen LogP contribution >= 0.6 is 0 Å². The maximum atomic E-state index is 6.47. The predicted octanol–water partition coefficient (Wildman–Crippen LogP) is 5.56. The minimum Gasteiger partial charge on any atom is -0.330 e. The molecule has 0 saturated carbocycles. The van der Waals surface area contributed by atoms with Crippen LogP contribution in [0.15, 0.2) is 97.1 Å². The Hall–Kier alpha value is -3.20. The van der Waals surface area contributed by atoms with E-state index in [1.54, 1.807) is 0 Å². The van der Waals surface area contributed by atoms with Crippen LogP contribution in [0.5, 0.6) is 0 Å². The first-order valence-corrected chi connectivity index (χ1v) is 12.6. The summed E-state index contributed by atoms with van der Waals surface area (Å²) in [6.45, 7) is 1.28. The predicted molar refractivity (Wildman–Crippen MR) is 138 cm³/mol. The van der Waals surface area contributed by atoms with Crippen molar-refractivity contribution in [1.82, 2.24) is 0 Å². The van der Waals surface area contributed by atoms with Crippen LogP contribution in [-0.2, 0) is 10.8 Å². The fourth-order valence-corrected chi connectivity index (χ4v) is 8.21. The van der Waals surface area contributed by atoms with Gasteiger partial charge in [-0.25, -0.2) is 0 Å². The van der Waals surface area contributed by atoms with Gasteiger partial charge in [0.1, 0.15) is 0 Å². The highest BCUT2D eigenvalue weighted by atomic mass is 14.7. The Bertz CT molecular complexity index is 1210. The Morgan fingerprint density at radius 3 is 0.971 bits per heavy atom. The van der Waals surface area contributed by atoms with Crippen LogP contribution < -0.4 is 11.5 Å². The van der Waals surface area contributed by atoms with Crippen molar-refractivity contribution in [3.05, 3.63) is 142 Å². The van der Waals surface area contributed by atoms with Gasteiger partial charge in [-0.15, -0.1) is 0 Å². The van der Waals surface area contributed by atoms with E-state index >= 15 is 0 Å². The van der Waals surface area contributed by atoms with E-state index in [2.05, 4.69) is 97.1 Å². The van der Waals surface area contributed by atoms with Gasteiger partial charge in [0.25, 0.3) is 0 Å². The zero-order valence-corrected chi connectivity index (χ0v) is 19.4. The number of benzene rings is 4. The largest absolute Gasteiger partial charge is 0.330 e. The molecule has 0 atom stereocenters. The summed E-state index contributed by atoms with van der Waals surface area (Å²) in [6.07, 6.45) is 1.82. The van der Waals surface area contributed by atoms with Gasteiger partial charge in [0.05, 0.1) is 0 Å². The quantitative estimate of drug-likeness (QED) is 0.435. The van der Waals surface area contributed by atoms with Crippen LogP contribution in [0.25, 0.3) is 0 Å². The lowest BCUT2D eigenvalue weighted by atomic mass is 9.41. The monoisotopic (exact) mass is 442 g/mol. The lowest BCUT2D eigenvalue weighted by molar-refractivity contribution is 0.311. The van der Waals surface area contributed by atoms with E-state index in [9.17, 15) is 0 Å². The number of hydrogen-bond acceptors (Lipinski definition) is 2. The zero-order chi connectivity index (χ0) is 22.9. The molecule has 4 aromatic rings. The highest BCUT2D eigenvalue weighted by Gasteiger charge is 2.61. The molecule has 4 bridgehead atoms. The van der Waals surface area contributed by atoms with Gasteiger partial charge >= 0.3 is 0 Å². The summed E-state index contributed by atoms with van der Waals surface area (Å²) in [5, 5.41) is 0. The van der Waals surface area contributed by atoms with Gasteiger partial charge in [0.15, 0.2) is 0 Å². The third-order valence-electron chi connectivity index (χ3n) is 9.07. The van der Waals surface area contributed by atoms with Crippen LogP contribution in [0.3, 0.4) is 0 Å². The zero-order valence-electron chi connectivity index (χ0n) is 19.4. The lowest BCUT2D eigenvalue weighted by Gasteiger charge is -2.61. The van der Waals surface area contributed by atoms with E-state index < -0.39 is 0 Å². The molecule has 0 radical (unpaired) electrons. The second-order valence-electron chi connectivity index (χ2n) is 10.2. The van der Waals surface area contributed by atoms with Crippen molar-refractivity contribution in [2.75, 3.05) is 13.1 Å². The van der Waals surface area contributed by atoms with Gasteiger partial charge in [0, 0.05) is 22.7 Å². The molecule has 0 unspecified atom stereocenters. The molecule has 0 fully saturated rings. The molecule has 0 heterocycles. The van der Waals surface area contributed by atoms with E-state index in [1.165, 1.54) is 44.5 Å². The summed E-state index contributed by atoms with van der Waals surface area (Å²) in [4.78, 5) is 0. The SMILES string of the molecule is NCCC12c3ccccc3C(c3ccccc31)C1(CCN)c3ccccc3C2c2ccccc21. The molecule has 6 aliphatic rings. The molecule has 0 aromatic heterocycles. The summed E-state index contributed by atoms with van der Waals surface area (Å²) >= 11 is 0. The van der Waals surface area contributed by atoms with Gasteiger partial charge in [-0.3, -0.25) is 0 Å².